The van der Waals surface area contributed by atoms with Crippen LogP contribution in [0.25, 0.3) is 0 Å². The number of aromatic hydroxyl groups is 1. The van der Waals surface area contributed by atoms with Crippen molar-refractivity contribution in [3.05, 3.63) is 81.1 Å². The number of benzene rings is 1. The van der Waals surface area contributed by atoms with Crippen molar-refractivity contribution in [3.8, 4) is 11.5 Å². The fourth-order valence-electron chi connectivity index (χ4n) is 8.27. The van der Waals surface area contributed by atoms with Crippen LogP contribution in [0.3, 0.4) is 0 Å². The van der Waals surface area contributed by atoms with Gasteiger partial charge in [0.25, 0.3) is 23.6 Å². The molecule has 6 atom stereocenters. The van der Waals surface area contributed by atoms with Gasteiger partial charge in [-0.2, -0.15) is 36.4 Å². The second kappa shape index (κ2) is 13.3. The highest BCUT2D eigenvalue weighted by atomic mass is 35.5. The molecule has 2 aliphatic heterocycles. The average molecular weight is 814 g/mol. The number of alkyl halides is 6. The first-order chi connectivity index (χ1) is 25.8. The van der Waals surface area contributed by atoms with Crippen LogP contribution in [-0.2, 0) is 31.5 Å². The molecule has 20 heteroatoms. The molecule has 290 valence electrons. The van der Waals surface area contributed by atoms with Crippen LogP contribution in [0.2, 0.25) is 10.0 Å². The van der Waals surface area contributed by atoms with Gasteiger partial charge in [0.05, 0.1) is 40.8 Å². The number of phenols is 1. The van der Waals surface area contributed by atoms with Crippen LogP contribution >= 0.6 is 23.2 Å². The predicted octanol–water partition coefficient (Wildman–Crippen LogP) is 6.27. The number of methoxy groups -OCH3 is 1. The van der Waals surface area contributed by atoms with E-state index < -0.39 is 94.5 Å². The average Bonchev–Trinajstić information content (AvgIpc) is 3.53. The van der Waals surface area contributed by atoms with E-state index >= 15 is 0 Å². The summed E-state index contributed by atoms with van der Waals surface area (Å²) >= 11 is 12.5. The van der Waals surface area contributed by atoms with Gasteiger partial charge in [-0.3, -0.25) is 29.2 Å². The molecule has 0 bridgehead atoms. The number of carbonyl (C=O) groups excluding carboxylic acids is 4. The number of amides is 4. The van der Waals surface area contributed by atoms with E-state index in [4.69, 9.17) is 27.9 Å². The highest BCUT2D eigenvalue weighted by Gasteiger charge is 2.63. The maximum atomic E-state index is 14.5. The smallest absolute Gasteiger partial charge is 0.433 e. The van der Waals surface area contributed by atoms with Crippen molar-refractivity contribution in [2.75, 3.05) is 31.2 Å². The van der Waals surface area contributed by atoms with Crippen LogP contribution in [0, 0.1) is 29.6 Å². The van der Waals surface area contributed by atoms with Crippen LogP contribution in [-0.4, -0.2) is 69.9 Å². The number of hydrazine groups is 2. The van der Waals surface area contributed by atoms with Crippen molar-refractivity contribution in [2.45, 2.75) is 31.1 Å². The summed E-state index contributed by atoms with van der Waals surface area (Å²) in [4.78, 5) is 64.3. The number of hydrogen-bond acceptors (Lipinski definition) is 10. The van der Waals surface area contributed by atoms with Crippen molar-refractivity contribution < 1.29 is 55.4 Å². The van der Waals surface area contributed by atoms with E-state index in [2.05, 4.69) is 9.97 Å². The fourth-order valence-corrected chi connectivity index (χ4v) is 8.73. The predicted molar refractivity (Wildman–Crippen MR) is 181 cm³/mol. The van der Waals surface area contributed by atoms with Gasteiger partial charge in [-0.15, -0.1) is 0 Å². The number of nitrogens with zero attached hydrogens (tertiary/aromatic N) is 6. The fraction of sp³-hybridized carbons (Fsp3) is 0.371. The number of anilines is 2. The first-order valence-electron chi connectivity index (χ1n) is 16.5. The quantitative estimate of drug-likeness (QED) is 0.172. The number of allylic oxidation sites excluding steroid dienone is 2. The largest absolute Gasteiger partial charge is 0.508 e. The SMILES string of the molecule is COc1cc(O)ccc1C1C2=CCC3C(=O)N(N(C)c4nc(C(F)(F)F)ccc4Cl)C(=O)C3C2CC2C(=O)N(N(C)c3nc(C(F)(F)F)ccc3Cl)C(=O)C21. The molecule has 7 rings (SSSR count). The minimum atomic E-state index is -4.89. The summed E-state index contributed by atoms with van der Waals surface area (Å²) in [7, 11) is 3.63. The molecule has 3 fully saturated rings. The summed E-state index contributed by atoms with van der Waals surface area (Å²) in [6, 6.07) is 7.24. The molecule has 3 aromatic rings. The number of carbonyl (C=O) groups is 4. The second-order valence-electron chi connectivity index (χ2n) is 13.5. The Bertz CT molecular complexity index is 2190. The van der Waals surface area contributed by atoms with E-state index in [1.54, 1.807) is 6.08 Å². The van der Waals surface area contributed by atoms with Gasteiger partial charge >= 0.3 is 12.4 Å². The molecule has 4 amide bonds. The Kier molecular flexibility index (Phi) is 9.22. The number of rotatable bonds is 6. The number of phenolic OH excluding ortho intramolecular Hbond substituents is 1. The number of hydrogen-bond donors (Lipinski definition) is 1. The summed E-state index contributed by atoms with van der Waals surface area (Å²) in [5, 5.41) is 12.7. The van der Waals surface area contributed by atoms with Crippen LogP contribution in [0.15, 0.2) is 54.1 Å². The molecule has 2 aliphatic carbocycles. The van der Waals surface area contributed by atoms with Crippen molar-refractivity contribution in [2.24, 2.45) is 29.6 Å². The van der Waals surface area contributed by atoms with Gasteiger partial charge in [0.15, 0.2) is 11.6 Å². The van der Waals surface area contributed by atoms with E-state index in [1.807, 2.05) is 0 Å². The molecule has 4 aliphatic rings. The number of imide groups is 2. The van der Waals surface area contributed by atoms with Crippen LogP contribution in [0.1, 0.15) is 35.7 Å². The summed E-state index contributed by atoms with van der Waals surface area (Å²) in [6.45, 7) is 0. The van der Waals surface area contributed by atoms with Gasteiger partial charge in [0.2, 0.25) is 0 Å². The maximum absolute atomic E-state index is 14.5. The van der Waals surface area contributed by atoms with Crippen molar-refractivity contribution in [3.63, 3.8) is 0 Å². The molecule has 0 spiro atoms. The van der Waals surface area contributed by atoms with Crippen LogP contribution in [0.5, 0.6) is 11.5 Å². The van der Waals surface area contributed by atoms with Crippen molar-refractivity contribution >= 4 is 58.5 Å². The summed E-state index contributed by atoms with van der Waals surface area (Å²) in [6.07, 6.45) is -8.29. The molecule has 0 radical (unpaired) electrons. The summed E-state index contributed by atoms with van der Waals surface area (Å²) < 4.78 is 87.3. The van der Waals surface area contributed by atoms with Crippen LogP contribution < -0.4 is 14.8 Å². The Labute approximate surface area is 317 Å². The number of ether oxygens (including phenoxy) is 1. The van der Waals surface area contributed by atoms with E-state index in [0.717, 1.165) is 36.2 Å². The first-order valence-corrected chi connectivity index (χ1v) is 17.3. The number of halogens is 8. The molecule has 6 unspecified atom stereocenters. The Hall–Kier alpha value is -5.10. The molecular weight excluding hydrogens is 785 g/mol. The minimum Gasteiger partial charge on any atom is -0.508 e. The van der Waals surface area contributed by atoms with Gasteiger partial charge in [0, 0.05) is 31.6 Å². The normalized spacial score (nSPS) is 25.1. The number of pyridine rings is 2. The highest BCUT2D eigenvalue weighted by molar-refractivity contribution is 6.33. The standard InChI is InChI=1S/C35H28Cl2F6N6O6/c1-46(28-20(36)8-10-23(44-28)34(38,39)40)48-30(51)17-7-6-15-18(26(17)32(48)53)13-19-27(25(15)16-5-4-14(50)12-22(16)55-3)33(54)49(31(19)52)47(2)29-21(37)9-11-24(45-29)35(41,42)43/h4-6,8-12,17-19,25-27,50H,7,13H2,1-3H3. The third kappa shape index (κ3) is 6.09. The third-order valence-electron chi connectivity index (χ3n) is 10.6. The zero-order chi connectivity index (χ0) is 40.0. The first kappa shape index (κ1) is 38.2. The molecule has 2 aromatic heterocycles. The van der Waals surface area contributed by atoms with Gasteiger partial charge < -0.3 is 9.84 Å². The Balaban J connectivity index is 1.31. The zero-order valence-electron chi connectivity index (χ0n) is 28.7. The maximum Gasteiger partial charge on any atom is 0.433 e. The van der Waals surface area contributed by atoms with Gasteiger partial charge in [0.1, 0.15) is 22.9 Å². The second-order valence-corrected chi connectivity index (χ2v) is 14.3. The Morgan fingerprint density at radius 3 is 1.76 bits per heavy atom. The molecule has 55 heavy (non-hydrogen) atoms. The summed E-state index contributed by atoms with van der Waals surface area (Å²) in [5.41, 5.74) is -1.84. The van der Waals surface area contributed by atoms with E-state index in [1.165, 1.54) is 25.3 Å². The van der Waals surface area contributed by atoms with Crippen molar-refractivity contribution in [1.82, 2.24) is 20.0 Å². The topological polar surface area (TPSA) is 136 Å². The minimum absolute atomic E-state index is 0.0427. The third-order valence-corrected chi connectivity index (χ3v) is 11.2. The zero-order valence-corrected chi connectivity index (χ0v) is 30.2. The monoisotopic (exact) mass is 812 g/mol. The number of fused-ring (bicyclic) bond motifs is 4. The lowest BCUT2D eigenvalue weighted by atomic mass is 9.57. The summed E-state index contributed by atoms with van der Waals surface area (Å²) in [5.74, 6) is -10.9. The lowest BCUT2D eigenvalue weighted by Crippen LogP contribution is -2.46. The molecule has 4 heterocycles. The highest BCUT2D eigenvalue weighted by Crippen LogP contribution is 2.59. The van der Waals surface area contributed by atoms with E-state index in [-0.39, 0.29) is 34.4 Å². The van der Waals surface area contributed by atoms with Gasteiger partial charge in [-0.1, -0.05) is 40.9 Å². The lowest BCUT2D eigenvalue weighted by Gasteiger charge is -2.44. The lowest BCUT2D eigenvalue weighted by molar-refractivity contribution is -0.143. The molecule has 1 N–H and O–H groups in total. The molecule has 1 aromatic carbocycles. The Morgan fingerprint density at radius 1 is 0.745 bits per heavy atom. The molecule has 2 saturated heterocycles. The molecule has 1 saturated carbocycles. The van der Waals surface area contributed by atoms with Gasteiger partial charge in [-0.25, -0.2) is 9.97 Å². The Morgan fingerprint density at radius 2 is 1.25 bits per heavy atom. The van der Waals surface area contributed by atoms with Crippen molar-refractivity contribution in [1.29, 1.82) is 0 Å². The van der Waals surface area contributed by atoms with E-state index in [9.17, 15) is 50.6 Å². The molecular formula is C35H28Cl2F6N6O6. The van der Waals surface area contributed by atoms with Gasteiger partial charge in [-0.05, 0) is 49.1 Å². The number of aromatic nitrogens is 2. The van der Waals surface area contributed by atoms with E-state index in [0.29, 0.717) is 33.3 Å². The van der Waals surface area contributed by atoms with Crippen LogP contribution in [0.4, 0.5) is 38.0 Å². The molecule has 12 nitrogen and oxygen atoms in total.